The minimum absolute atomic E-state index is 0.214. The molecule has 1 aromatic carbocycles. The fourth-order valence-corrected chi connectivity index (χ4v) is 1.18. The van der Waals surface area contributed by atoms with E-state index >= 15 is 0 Å². The summed E-state index contributed by atoms with van der Waals surface area (Å²) in [6.07, 6.45) is 0. The van der Waals surface area contributed by atoms with Gasteiger partial charge in [0.05, 0.1) is 0 Å². The van der Waals surface area contributed by atoms with Gasteiger partial charge in [-0.2, -0.15) is 5.26 Å². The normalized spacial score (nSPS) is 9.92. The van der Waals surface area contributed by atoms with Gasteiger partial charge >= 0.3 is 0 Å². The summed E-state index contributed by atoms with van der Waals surface area (Å²) < 4.78 is 0. The molecule has 0 bridgehead atoms. The molecule has 0 unspecified atom stereocenters. The monoisotopic (exact) mass is 158 g/mol. The Bertz CT molecular complexity index is 465. The van der Waals surface area contributed by atoms with Crippen LogP contribution >= 0.6 is 0 Å². The van der Waals surface area contributed by atoms with Crippen molar-refractivity contribution < 1.29 is 5.11 Å². The molecule has 0 aliphatic heterocycles. The van der Waals surface area contributed by atoms with Crippen molar-refractivity contribution >= 4 is 10.9 Å². The Labute approximate surface area is 68.9 Å². The minimum Gasteiger partial charge on any atom is -0.508 e. The number of rotatable bonds is 0. The molecule has 0 fully saturated rings. The number of phenols is 1. The van der Waals surface area contributed by atoms with Crippen LogP contribution in [0.2, 0.25) is 0 Å². The molecule has 0 atom stereocenters. The van der Waals surface area contributed by atoms with E-state index in [0.717, 1.165) is 10.9 Å². The zero-order valence-electron chi connectivity index (χ0n) is 6.20. The van der Waals surface area contributed by atoms with Crippen LogP contribution in [-0.2, 0) is 0 Å². The standard InChI is InChI=1S/C9H6N2O/c10-5-7-3-6-4-8(12)1-2-9(6)11-7/h1-4,11-12H. The molecule has 3 nitrogen and oxygen atoms in total. The smallest absolute Gasteiger partial charge is 0.118 e. The molecule has 0 amide bonds. The van der Waals surface area contributed by atoms with Crippen molar-refractivity contribution in [3.63, 3.8) is 0 Å². The summed E-state index contributed by atoms with van der Waals surface area (Å²) in [5.41, 5.74) is 1.37. The molecule has 3 heteroatoms. The Kier molecular flexibility index (Phi) is 1.28. The first-order valence-electron chi connectivity index (χ1n) is 3.51. The molecule has 0 aliphatic rings. The van der Waals surface area contributed by atoms with Crippen LogP contribution in [0.1, 0.15) is 5.69 Å². The number of H-pyrrole nitrogens is 1. The molecule has 2 aromatic rings. The molecule has 0 aliphatic carbocycles. The average Bonchev–Trinajstić information content (AvgIpc) is 2.46. The number of aromatic amines is 1. The van der Waals surface area contributed by atoms with Crippen LogP contribution < -0.4 is 0 Å². The van der Waals surface area contributed by atoms with E-state index in [1.165, 1.54) is 0 Å². The van der Waals surface area contributed by atoms with Crippen LogP contribution in [0.3, 0.4) is 0 Å². The summed E-state index contributed by atoms with van der Waals surface area (Å²) in [5.74, 6) is 0.214. The predicted molar refractivity (Wildman–Crippen MR) is 44.7 cm³/mol. The number of hydrogen-bond acceptors (Lipinski definition) is 2. The maximum atomic E-state index is 9.12. The summed E-state index contributed by atoms with van der Waals surface area (Å²) in [6.45, 7) is 0. The topological polar surface area (TPSA) is 59.8 Å². The first-order valence-corrected chi connectivity index (χ1v) is 3.51. The van der Waals surface area contributed by atoms with Crippen LogP contribution in [0.15, 0.2) is 24.3 Å². The molecule has 0 saturated heterocycles. The summed E-state index contributed by atoms with van der Waals surface area (Å²) in [4.78, 5) is 2.90. The van der Waals surface area contributed by atoms with Crippen molar-refractivity contribution in [3.05, 3.63) is 30.0 Å². The van der Waals surface area contributed by atoms with Crippen LogP contribution in [0, 0.1) is 11.3 Å². The number of aromatic hydroxyl groups is 1. The van der Waals surface area contributed by atoms with Crippen molar-refractivity contribution in [1.29, 1.82) is 5.26 Å². The highest BCUT2D eigenvalue weighted by Gasteiger charge is 1.99. The molecule has 0 spiro atoms. The lowest BCUT2D eigenvalue weighted by molar-refractivity contribution is 0.476. The van der Waals surface area contributed by atoms with Gasteiger partial charge in [-0.05, 0) is 24.3 Å². The first kappa shape index (κ1) is 6.74. The SMILES string of the molecule is N#Cc1cc2cc(O)ccc2[nH]1. The number of fused-ring (bicyclic) bond motifs is 1. The average molecular weight is 158 g/mol. The van der Waals surface area contributed by atoms with E-state index in [-0.39, 0.29) is 5.75 Å². The van der Waals surface area contributed by atoms with Gasteiger partial charge in [-0.25, -0.2) is 0 Å². The van der Waals surface area contributed by atoms with E-state index in [1.807, 2.05) is 6.07 Å². The lowest BCUT2D eigenvalue weighted by Crippen LogP contribution is -1.68. The summed E-state index contributed by atoms with van der Waals surface area (Å²) in [7, 11) is 0. The Morgan fingerprint density at radius 3 is 2.92 bits per heavy atom. The third-order valence-corrected chi connectivity index (χ3v) is 1.72. The fourth-order valence-electron chi connectivity index (χ4n) is 1.18. The van der Waals surface area contributed by atoms with Crippen molar-refractivity contribution in [1.82, 2.24) is 4.98 Å². The summed E-state index contributed by atoms with van der Waals surface area (Å²) >= 11 is 0. The van der Waals surface area contributed by atoms with Crippen LogP contribution in [0.4, 0.5) is 0 Å². The van der Waals surface area contributed by atoms with Crippen molar-refractivity contribution in [2.75, 3.05) is 0 Å². The first-order chi connectivity index (χ1) is 5.79. The molecule has 2 rings (SSSR count). The number of nitriles is 1. The van der Waals surface area contributed by atoms with Gasteiger partial charge in [0.2, 0.25) is 0 Å². The number of phenolic OH excluding ortho intramolecular Hbond substituents is 1. The Balaban J connectivity index is 2.77. The van der Waals surface area contributed by atoms with Gasteiger partial charge in [0.15, 0.2) is 0 Å². The molecule has 58 valence electrons. The van der Waals surface area contributed by atoms with E-state index in [1.54, 1.807) is 24.3 Å². The molecule has 2 N–H and O–H groups in total. The Morgan fingerprint density at radius 2 is 2.17 bits per heavy atom. The second-order valence-electron chi connectivity index (χ2n) is 2.57. The number of hydrogen-bond donors (Lipinski definition) is 2. The second-order valence-corrected chi connectivity index (χ2v) is 2.57. The highest BCUT2D eigenvalue weighted by Crippen LogP contribution is 2.19. The van der Waals surface area contributed by atoms with E-state index in [9.17, 15) is 0 Å². The lowest BCUT2D eigenvalue weighted by atomic mass is 10.2. The largest absolute Gasteiger partial charge is 0.508 e. The number of nitrogens with zero attached hydrogens (tertiary/aromatic N) is 1. The Hall–Kier alpha value is -1.95. The van der Waals surface area contributed by atoms with Gasteiger partial charge in [0.25, 0.3) is 0 Å². The molecular formula is C9H6N2O. The zero-order valence-corrected chi connectivity index (χ0v) is 6.20. The van der Waals surface area contributed by atoms with Gasteiger partial charge in [-0.3, -0.25) is 0 Å². The quantitative estimate of drug-likeness (QED) is 0.613. The van der Waals surface area contributed by atoms with Crippen LogP contribution in [-0.4, -0.2) is 10.1 Å². The number of aromatic nitrogens is 1. The molecule has 0 radical (unpaired) electrons. The highest BCUT2D eigenvalue weighted by atomic mass is 16.3. The number of nitrogens with one attached hydrogen (secondary N) is 1. The molecule has 1 aromatic heterocycles. The van der Waals surface area contributed by atoms with Crippen LogP contribution in [0.5, 0.6) is 5.75 Å². The predicted octanol–water partition coefficient (Wildman–Crippen LogP) is 1.75. The molecule has 12 heavy (non-hydrogen) atoms. The van der Waals surface area contributed by atoms with E-state index in [4.69, 9.17) is 10.4 Å². The van der Waals surface area contributed by atoms with Crippen LogP contribution in [0.25, 0.3) is 10.9 Å². The Morgan fingerprint density at radius 1 is 1.33 bits per heavy atom. The van der Waals surface area contributed by atoms with E-state index < -0.39 is 0 Å². The second kappa shape index (κ2) is 2.28. The van der Waals surface area contributed by atoms with Crippen molar-refractivity contribution in [2.45, 2.75) is 0 Å². The van der Waals surface area contributed by atoms with Gasteiger partial charge in [0.1, 0.15) is 17.5 Å². The third kappa shape index (κ3) is 0.903. The third-order valence-electron chi connectivity index (χ3n) is 1.72. The van der Waals surface area contributed by atoms with Gasteiger partial charge < -0.3 is 10.1 Å². The van der Waals surface area contributed by atoms with E-state index in [0.29, 0.717) is 5.69 Å². The molecule has 1 heterocycles. The number of benzene rings is 1. The molecule has 0 saturated carbocycles. The van der Waals surface area contributed by atoms with Gasteiger partial charge in [-0.1, -0.05) is 0 Å². The fraction of sp³-hybridized carbons (Fsp3) is 0. The lowest BCUT2D eigenvalue weighted by Gasteiger charge is -1.89. The maximum Gasteiger partial charge on any atom is 0.118 e. The highest BCUT2D eigenvalue weighted by molar-refractivity contribution is 5.82. The van der Waals surface area contributed by atoms with E-state index in [2.05, 4.69) is 4.98 Å². The van der Waals surface area contributed by atoms with Gasteiger partial charge in [0, 0.05) is 10.9 Å². The van der Waals surface area contributed by atoms with Crippen molar-refractivity contribution in [3.8, 4) is 11.8 Å². The molecular weight excluding hydrogens is 152 g/mol. The van der Waals surface area contributed by atoms with Gasteiger partial charge in [-0.15, -0.1) is 0 Å². The van der Waals surface area contributed by atoms with Crippen molar-refractivity contribution in [2.24, 2.45) is 0 Å². The zero-order chi connectivity index (χ0) is 8.55. The maximum absolute atomic E-state index is 9.12. The summed E-state index contributed by atoms with van der Waals surface area (Å²) in [6, 6.07) is 8.64. The summed E-state index contributed by atoms with van der Waals surface area (Å²) in [5, 5.41) is 18.5. The minimum atomic E-state index is 0.214.